The average molecular weight is 276 g/mol. The van der Waals surface area contributed by atoms with Crippen LogP contribution in [0.3, 0.4) is 0 Å². The summed E-state index contributed by atoms with van der Waals surface area (Å²) in [5, 5.41) is 18.2. The van der Waals surface area contributed by atoms with Crippen LogP contribution < -0.4 is 10.1 Å². The molecule has 1 aromatic heterocycles. The number of methoxy groups -OCH3 is 1. The third-order valence-corrected chi connectivity index (χ3v) is 3.16. The van der Waals surface area contributed by atoms with E-state index in [-0.39, 0.29) is 5.69 Å². The Morgan fingerprint density at radius 2 is 2.20 bits per heavy atom. The first kappa shape index (κ1) is 13.9. The van der Waals surface area contributed by atoms with Crippen molar-refractivity contribution in [2.45, 2.75) is 13.5 Å². The zero-order chi connectivity index (χ0) is 14.7. The Bertz CT molecular complexity index is 637. The van der Waals surface area contributed by atoms with Crippen LogP contribution in [0.5, 0.6) is 5.75 Å². The van der Waals surface area contributed by atoms with Gasteiger partial charge in [-0.1, -0.05) is 0 Å². The summed E-state index contributed by atoms with van der Waals surface area (Å²) in [6.45, 7) is 2.52. The zero-order valence-electron chi connectivity index (χ0n) is 11.6. The smallest absolute Gasteiger partial charge is 0.275 e. The third-order valence-electron chi connectivity index (χ3n) is 3.16. The molecule has 2 rings (SSSR count). The first-order chi connectivity index (χ1) is 9.51. The minimum atomic E-state index is -0.441. The number of anilines is 1. The fourth-order valence-corrected chi connectivity index (χ4v) is 1.82. The highest BCUT2D eigenvalue weighted by Gasteiger charge is 2.11. The number of aromatic nitrogens is 2. The van der Waals surface area contributed by atoms with Gasteiger partial charge in [-0.2, -0.15) is 5.10 Å². The van der Waals surface area contributed by atoms with Gasteiger partial charge in [0, 0.05) is 42.7 Å². The first-order valence-corrected chi connectivity index (χ1v) is 6.06. The molecule has 7 heteroatoms. The molecule has 20 heavy (non-hydrogen) atoms. The standard InChI is InChI=1S/C13H16N4O3/c1-9-10(8-15-16(9)2)7-14-11-4-12(17(18)19)6-13(5-11)20-3/h4-6,8,14H,7H2,1-3H3. The molecule has 0 saturated carbocycles. The van der Waals surface area contributed by atoms with Crippen LogP contribution in [0.25, 0.3) is 0 Å². The molecule has 0 unspecified atom stereocenters. The second-order valence-electron chi connectivity index (χ2n) is 4.41. The zero-order valence-corrected chi connectivity index (χ0v) is 11.6. The molecule has 0 aliphatic heterocycles. The fourth-order valence-electron chi connectivity index (χ4n) is 1.82. The average Bonchev–Trinajstić information content (AvgIpc) is 2.76. The molecule has 2 aromatic rings. The molecule has 0 fully saturated rings. The predicted molar refractivity (Wildman–Crippen MR) is 74.9 cm³/mol. The lowest BCUT2D eigenvalue weighted by Gasteiger charge is -2.08. The van der Waals surface area contributed by atoms with E-state index in [1.165, 1.54) is 19.2 Å². The van der Waals surface area contributed by atoms with E-state index in [2.05, 4.69) is 10.4 Å². The van der Waals surface area contributed by atoms with Gasteiger partial charge < -0.3 is 10.1 Å². The first-order valence-electron chi connectivity index (χ1n) is 6.06. The molecule has 0 aliphatic carbocycles. The summed E-state index contributed by atoms with van der Waals surface area (Å²) in [7, 11) is 3.35. The Kier molecular flexibility index (Phi) is 3.88. The highest BCUT2D eigenvalue weighted by Crippen LogP contribution is 2.26. The van der Waals surface area contributed by atoms with Crippen LogP contribution in [0.2, 0.25) is 0 Å². The number of hydrogen-bond donors (Lipinski definition) is 1. The van der Waals surface area contributed by atoms with E-state index in [4.69, 9.17) is 4.74 Å². The molecule has 0 radical (unpaired) electrons. The lowest BCUT2D eigenvalue weighted by Crippen LogP contribution is -2.02. The van der Waals surface area contributed by atoms with E-state index in [9.17, 15) is 10.1 Å². The maximum absolute atomic E-state index is 10.9. The molecule has 0 aliphatic rings. The quantitative estimate of drug-likeness (QED) is 0.669. The van der Waals surface area contributed by atoms with Crippen LogP contribution in [-0.2, 0) is 13.6 Å². The summed E-state index contributed by atoms with van der Waals surface area (Å²) >= 11 is 0. The largest absolute Gasteiger partial charge is 0.496 e. The van der Waals surface area contributed by atoms with Crippen LogP contribution in [0, 0.1) is 17.0 Å². The normalized spacial score (nSPS) is 10.3. The predicted octanol–water partition coefficient (Wildman–Crippen LogP) is 2.26. The van der Waals surface area contributed by atoms with Crippen LogP contribution in [0.1, 0.15) is 11.3 Å². The Labute approximate surface area is 116 Å². The van der Waals surface area contributed by atoms with Crippen molar-refractivity contribution in [3.63, 3.8) is 0 Å². The molecule has 1 heterocycles. The van der Waals surface area contributed by atoms with Gasteiger partial charge in [-0.05, 0) is 6.92 Å². The van der Waals surface area contributed by atoms with Crippen molar-refractivity contribution in [1.29, 1.82) is 0 Å². The number of benzene rings is 1. The number of non-ortho nitro benzene ring substituents is 1. The topological polar surface area (TPSA) is 82.2 Å². The summed E-state index contributed by atoms with van der Waals surface area (Å²) in [5.41, 5.74) is 2.72. The minimum absolute atomic E-state index is 0.00485. The molecule has 1 N–H and O–H groups in total. The second kappa shape index (κ2) is 5.60. The van der Waals surface area contributed by atoms with Crippen molar-refractivity contribution < 1.29 is 9.66 Å². The van der Waals surface area contributed by atoms with Crippen molar-refractivity contribution in [3.8, 4) is 5.75 Å². The summed E-state index contributed by atoms with van der Waals surface area (Å²) in [4.78, 5) is 10.4. The van der Waals surface area contributed by atoms with Gasteiger partial charge in [-0.15, -0.1) is 0 Å². The number of nitro groups is 1. The molecule has 106 valence electrons. The maximum atomic E-state index is 10.9. The van der Waals surface area contributed by atoms with Gasteiger partial charge in [-0.3, -0.25) is 14.8 Å². The van der Waals surface area contributed by atoms with Crippen molar-refractivity contribution in [3.05, 3.63) is 45.8 Å². The molecule has 0 atom stereocenters. The molecule has 0 saturated heterocycles. The van der Waals surface area contributed by atoms with Crippen LogP contribution >= 0.6 is 0 Å². The van der Waals surface area contributed by atoms with Crippen molar-refractivity contribution in [2.75, 3.05) is 12.4 Å². The number of hydrogen-bond acceptors (Lipinski definition) is 5. The monoisotopic (exact) mass is 276 g/mol. The minimum Gasteiger partial charge on any atom is -0.496 e. The lowest BCUT2D eigenvalue weighted by molar-refractivity contribution is -0.384. The molecule has 0 spiro atoms. The molecule has 0 amide bonds. The summed E-state index contributed by atoms with van der Waals surface area (Å²) in [6.07, 6.45) is 1.77. The molecule has 7 nitrogen and oxygen atoms in total. The van der Waals surface area contributed by atoms with Crippen molar-refractivity contribution >= 4 is 11.4 Å². The lowest BCUT2D eigenvalue weighted by atomic mass is 10.2. The Morgan fingerprint density at radius 1 is 1.45 bits per heavy atom. The molecular formula is C13H16N4O3. The van der Waals surface area contributed by atoms with Gasteiger partial charge >= 0.3 is 0 Å². The van der Waals surface area contributed by atoms with E-state index >= 15 is 0 Å². The number of ether oxygens (including phenoxy) is 1. The fraction of sp³-hybridized carbons (Fsp3) is 0.308. The Morgan fingerprint density at radius 3 is 2.75 bits per heavy atom. The van der Waals surface area contributed by atoms with Gasteiger partial charge in [0.15, 0.2) is 0 Å². The summed E-state index contributed by atoms with van der Waals surface area (Å²) in [6, 6.07) is 4.59. The van der Waals surface area contributed by atoms with Crippen LogP contribution in [0.15, 0.2) is 24.4 Å². The molecule has 0 bridgehead atoms. The van der Waals surface area contributed by atoms with E-state index in [1.54, 1.807) is 16.9 Å². The van der Waals surface area contributed by atoms with Crippen molar-refractivity contribution in [1.82, 2.24) is 9.78 Å². The number of aryl methyl sites for hydroxylation is 1. The summed E-state index contributed by atoms with van der Waals surface area (Å²) < 4.78 is 6.85. The van der Waals surface area contributed by atoms with Gasteiger partial charge in [-0.25, -0.2) is 0 Å². The molecule has 1 aromatic carbocycles. The maximum Gasteiger partial charge on any atom is 0.275 e. The van der Waals surface area contributed by atoms with Gasteiger partial charge in [0.1, 0.15) is 5.75 Å². The van der Waals surface area contributed by atoms with Gasteiger partial charge in [0.05, 0.1) is 24.3 Å². The van der Waals surface area contributed by atoms with E-state index in [0.29, 0.717) is 18.0 Å². The number of nitro benzene ring substituents is 1. The van der Waals surface area contributed by atoms with E-state index in [1.807, 2.05) is 14.0 Å². The highest BCUT2D eigenvalue weighted by atomic mass is 16.6. The van der Waals surface area contributed by atoms with E-state index in [0.717, 1.165) is 11.3 Å². The third kappa shape index (κ3) is 2.87. The van der Waals surface area contributed by atoms with Gasteiger partial charge in [0.25, 0.3) is 5.69 Å². The number of rotatable bonds is 5. The number of nitrogens with one attached hydrogen (secondary N) is 1. The SMILES string of the molecule is COc1cc(NCc2cnn(C)c2C)cc([N+](=O)[O-])c1. The van der Waals surface area contributed by atoms with Crippen LogP contribution in [0.4, 0.5) is 11.4 Å². The Hall–Kier alpha value is -2.57. The van der Waals surface area contributed by atoms with Crippen molar-refractivity contribution in [2.24, 2.45) is 7.05 Å². The highest BCUT2D eigenvalue weighted by molar-refractivity contribution is 5.56. The Balaban J connectivity index is 2.18. The van der Waals surface area contributed by atoms with Gasteiger partial charge in [0.2, 0.25) is 0 Å². The van der Waals surface area contributed by atoms with Crippen LogP contribution in [-0.4, -0.2) is 21.8 Å². The number of nitrogens with zero attached hydrogens (tertiary/aromatic N) is 3. The molecular weight excluding hydrogens is 260 g/mol. The summed E-state index contributed by atoms with van der Waals surface area (Å²) in [5.74, 6) is 0.449. The van der Waals surface area contributed by atoms with E-state index < -0.39 is 4.92 Å². The second-order valence-corrected chi connectivity index (χ2v) is 4.41.